The topological polar surface area (TPSA) is 109 Å². The molecule has 0 heterocycles. The van der Waals surface area contributed by atoms with E-state index >= 15 is 0 Å². The number of rotatable bonds is 7. The molecule has 3 N–H and O–H groups in total. The number of benzene rings is 3. The van der Waals surface area contributed by atoms with Crippen molar-refractivity contribution in [3.05, 3.63) is 89.5 Å². The number of hydrogen-bond donors (Lipinski definition) is 3. The molecule has 0 saturated heterocycles. The fourth-order valence-corrected chi connectivity index (χ4v) is 2.90. The second kappa shape index (κ2) is 11.6. The van der Waals surface area contributed by atoms with E-state index in [1.165, 1.54) is 30.5 Å². The average Bonchev–Trinajstić information content (AvgIpc) is 2.83. The Bertz CT molecular complexity index is 1270. The maximum Gasteiger partial charge on any atom is 0.416 e. The lowest BCUT2D eigenvalue weighted by molar-refractivity contribution is -0.137. The number of anilines is 2. The van der Waals surface area contributed by atoms with Gasteiger partial charge in [-0.05, 0) is 72.6 Å². The SMILES string of the molecule is Cc1cccc(NC(=O)C(=O)N/N=C\c2ccc(OCC(=O)Nc3cccc(C(F)(F)F)c3)cc2)c1. The van der Waals surface area contributed by atoms with Crippen LogP contribution in [0.15, 0.2) is 77.9 Å². The van der Waals surface area contributed by atoms with E-state index in [0.29, 0.717) is 17.0 Å². The molecule has 0 aromatic heterocycles. The molecule has 0 fully saturated rings. The zero-order valence-electron chi connectivity index (χ0n) is 18.9. The van der Waals surface area contributed by atoms with Gasteiger partial charge in [-0.25, -0.2) is 5.43 Å². The highest BCUT2D eigenvalue weighted by Gasteiger charge is 2.30. The number of carbonyl (C=O) groups is 3. The first kappa shape index (κ1) is 25.9. The molecule has 0 spiro atoms. The van der Waals surface area contributed by atoms with Crippen molar-refractivity contribution in [2.75, 3.05) is 17.2 Å². The Morgan fingerprint density at radius 3 is 2.22 bits per heavy atom. The van der Waals surface area contributed by atoms with Gasteiger partial charge in [0.25, 0.3) is 5.91 Å². The van der Waals surface area contributed by atoms with Gasteiger partial charge < -0.3 is 15.4 Å². The average molecular weight is 498 g/mol. The van der Waals surface area contributed by atoms with Crippen LogP contribution in [-0.2, 0) is 20.6 Å². The van der Waals surface area contributed by atoms with Gasteiger partial charge in [-0.1, -0.05) is 18.2 Å². The molecular weight excluding hydrogens is 477 g/mol. The van der Waals surface area contributed by atoms with Gasteiger partial charge in [0.2, 0.25) is 0 Å². The van der Waals surface area contributed by atoms with Crippen molar-refractivity contribution in [1.29, 1.82) is 0 Å². The van der Waals surface area contributed by atoms with Crippen molar-refractivity contribution in [3.63, 3.8) is 0 Å². The molecule has 3 amide bonds. The number of hydrazone groups is 1. The Hall–Kier alpha value is -4.67. The van der Waals surface area contributed by atoms with Crippen molar-refractivity contribution in [3.8, 4) is 5.75 Å². The Balaban J connectivity index is 1.44. The van der Waals surface area contributed by atoms with Crippen LogP contribution in [0.5, 0.6) is 5.75 Å². The second-order valence-corrected chi connectivity index (χ2v) is 7.51. The third-order valence-corrected chi connectivity index (χ3v) is 4.59. The van der Waals surface area contributed by atoms with E-state index < -0.39 is 36.1 Å². The van der Waals surface area contributed by atoms with E-state index in [2.05, 4.69) is 21.2 Å². The second-order valence-electron chi connectivity index (χ2n) is 7.51. The molecule has 8 nitrogen and oxygen atoms in total. The minimum Gasteiger partial charge on any atom is -0.484 e. The summed E-state index contributed by atoms with van der Waals surface area (Å²) < 4.78 is 43.6. The molecule has 3 aromatic rings. The van der Waals surface area contributed by atoms with Crippen LogP contribution in [0.25, 0.3) is 0 Å². The fourth-order valence-electron chi connectivity index (χ4n) is 2.90. The minimum atomic E-state index is -4.52. The van der Waals surface area contributed by atoms with Crippen LogP contribution >= 0.6 is 0 Å². The number of carbonyl (C=O) groups excluding carboxylic acids is 3. The number of halogens is 3. The number of ether oxygens (including phenoxy) is 1. The van der Waals surface area contributed by atoms with Crippen LogP contribution in [0, 0.1) is 6.92 Å². The van der Waals surface area contributed by atoms with Crippen LogP contribution < -0.4 is 20.8 Å². The zero-order chi connectivity index (χ0) is 26.1. The van der Waals surface area contributed by atoms with Gasteiger partial charge >= 0.3 is 18.0 Å². The Labute approximate surface area is 204 Å². The molecule has 11 heteroatoms. The first-order valence-electron chi connectivity index (χ1n) is 10.5. The molecule has 0 radical (unpaired) electrons. The number of hydrogen-bond acceptors (Lipinski definition) is 5. The summed E-state index contributed by atoms with van der Waals surface area (Å²) >= 11 is 0. The molecule has 3 rings (SSSR count). The van der Waals surface area contributed by atoms with Crippen molar-refractivity contribution in [2.24, 2.45) is 5.10 Å². The van der Waals surface area contributed by atoms with Crippen LogP contribution in [0.2, 0.25) is 0 Å². The number of amides is 3. The number of alkyl halides is 3. The molecular formula is C25H21F3N4O4. The smallest absolute Gasteiger partial charge is 0.416 e. The van der Waals surface area contributed by atoms with Gasteiger partial charge in [-0.2, -0.15) is 18.3 Å². The van der Waals surface area contributed by atoms with E-state index in [1.807, 2.05) is 13.0 Å². The van der Waals surface area contributed by atoms with Crippen LogP contribution in [0.1, 0.15) is 16.7 Å². The Morgan fingerprint density at radius 1 is 0.889 bits per heavy atom. The van der Waals surface area contributed by atoms with Gasteiger partial charge in [-0.15, -0.1) is 0 Å². The predicted octanol–water partition coefficient (Wildman–Crippen LogP) is 4.12. The highest BCUT2D eigenvalue weighted by molar-refractivity contribution is 6.39. The summed E-state index contributed by atoms with van der Waals surface area (Å²) in [6.07, 6.45) is -3.21. The predicted molar refractivity (Wildman–Crippen MR) is 128 cm³/mol. The summed E-state index contributed by atoms with van der Waals surface area (Å²) in [6.45, 7) is 1.43. The maximum atomic E-state index is 12.8. The van der Waals surface area contributed by atoms with Crippen molar-refractivity contribution in [2.45, 2.75) is 13.1 Å². The lowest BCUT2D eigenvalue weighted by Gasteiger charge is -2.10. The molecule has 36 heavy (non-hydrogen) atoms. The summed E-state index contributed by atoms with van der Waals surface area (Å²) in [5, 5.41) is 8.53. The minimum absolute atomic E-state index is 0.000374. The molecule has 0 atom stereocenters. The normalized spacial score (nSPS) is 11.1. The molecule has 0 aliphatic heterocycles. The molecule has 186 valence electrons. The highest BCUT2D eigenvalue weighted by atomic mass is 19.4. The fraction of sp³-hybridized carbons (Fsp3) is 0.120. The lowest BCUT2D eigenvalue weighted by atomic mass is 10.2. The molecule has 0 saturated carbocycles. The van der Waals surface area contributed by atoms with Gasteiger partial charge in [0.1, 0.15) is 5.75 Å². The molecule has 0 bridgehead atoms. The quantitative estimate of drug-likeness (QED) is 0.259. The zero-order valence-corrected chi connectivity index (χ0v) is 18.9. The maximum absolute atomic E-state index is 12.8. The van der Waals surface area contributed by atoms with Gasteiger partial charge in [-0.3, -0.25) is 14.4 Å². The summed E-state index contributed by atoms with van der Waals surface area (Å²) in [5.74, 6) is -2.12. The molecule has 3 aromatic carbocycles. The lowest BCUT2D eigenvalue weighted by Crippen LogP contribution is -2.32. The van der Waals surface area contributed by atoms with E-state index in [0.717, 1.165) is 17.7 Å². The van der Waals surface area contributed by atoms with E-state index in [-0.39, 0.29) is 5.69 Å². The first-order valence-corrected chi connectivity index (χ1v) is 10.5. The van der Waals surface area contributed by atoms with Crippen molar-refractivity contribution >= 4 is 35.3 Å². The van der Waals surface area contributed by atoms with Crippen LogP contribution in [-0.4, -0.2) is 30.5 Å². The Morgan fingerprint density at radius 2 is 1.56 bits per heavy atom. The van der Waals surface area contributed by atoms with Gasteiger partial charge in [0, 0.05) is 11.4 Å². The third-order valence-electron chi connectivity index (χ3n) is 4.59. The van der Waals surface area contributed by atoms with E-state index in [9.17, 15) is 27.6 Å². The van der Waals surface area contributed by atoms with Gasteiger partial charge in [0.05, 0.1) is 11.8 Å². The van der Waals surface area contributed by atoms with Crippen molar-refractivity contribution in [1.82, 2.24) is 5.43 Å². The Kier molecular flexibility index (Phi) is 8.39. The number of aryl methyl sites for hydroxylation is 1. The summed E-state index contributed by atoms with van der Waals surface area (Å²) in [5.41, 5.74) is 3.22. The molecule has 0 unspecified atom stereocenters. The van der Waals surface area contributed by atoms with Crippen LogP contribution in [0.3, 0.4) is 0 Å². The largest absolute Gasteiger partial charge is 0.484 e. The summed E-state index contributed by atoms with van der Waals surface area (Å²) in [7, 11) is 0. The first-order chi connectivity index (χ1) is 17.1. The van der Waals surface area contributed by atoms with E-state index in [4.69, 9.17) is 4.74 Å². The molecule has 0 aliphatic rings. The van der Waals surface area contributed by atoms with Crippen LogP contribution in [0.4, 0.5) is 24.5 Å². The highest BCUT2D eigenvalue weighted by Crippen LogP contribution is 2.30. The van der Waals surface area contributed by atoms with Gasteiger partial charge in [0.15, 0.2) is 6.61 Å². The monoisotopic (exact) mass is 498 g/mol. The van der Waals surface area contributed by atoms with Crippen molar-refractivity contribution < 1.29 is 32.3 Å². The third kappa shape index (κ3) is 7.97. The number of nitrogens with zero attached hydrogens (tertiary/aromatic N) is 1. The standard InChI is InChI=1S/C25H21F3N4O4/c1-16-4-2-6-19(12-16)31-23(34)24(35)32-29-14-17-8-10-21(11-9-17)36-15-22(33)30-20-7-3-5-18(13-20)25(26,27)28/h2-14H,15H2,1H3,(H,30,33)(H,31,34)(H,32,35)/b29-14-. The van der Waals surface area contributed by atoms with E-state index in [1.54, 1.807) is 30.3 Å². The number of nitrogens with one attached hydrogen (secondary N) is 3. The summed E-state index contributed by atoms with van der Waals surface area (Å²) in [6, 6.07) is 17.5. The summed E-state index contributed by atoms with van der Waals surface area (Å²) in [4.78, 5) is 35.8. The molecule has 0 aliphatic carbocycles.